The summed E-state index contributed by atoms with van der Waals surface area (Å²) in [7, 11) is 0. The maximum atomic E-state index is 3.62. The van der Waals surface area contributed by atoms with Crippen molar-refractivity contribution in [2.45, 2.75) is 32.4 Å². The topological polar surface area (TPSA) is 24.1 Å². The van der Waals surface area contributed by atoms with E-state index < -0.39 is 0 Å². The Hall–Kier alpha value is -0.860. The van der Waals surface area contributed by atoms with Gasteiger partial charge in [-0.1, -0.05) is 24.3 Å². The third kappa shape index (κ3) is 3.05. The molecule has 1 aliphatic heterocycles. The molecule has 1 saturated heterocycles. The van der Waals surface area contributed by atoms with Crippen LogP contribution in [0.3, 0.4) is 0 Å². The summed E-state index contributed by atoms with van der Waals surface area (Å²) in [5, 5.41) is 7.04. The van der Waals surface area contributed by atoms with E-state index in [1.54, 1.807) is 0 Å². The molecule has 2 heteroatoms. The Morgan fingerprint density at radius 3 is 3.00 bits per heavy atom. The van der Waals surface area contributed by atoms with E-state index in [0.717, 1.165) is 13.1 Å². The van der Waals surface area contributed by atoms with Crippen LogP contribution in [0.5, 0.6) is 0 Å². The highest BCUT2D eigenvalue weighted by Crippen LogP contribution is 2.08. The summed E-state index contributed by atoms with van der Waals surface area (Å²) >= 11 is 0. The van der Waals surface area contributed by atoms with Gasteiger partial charge < -0.3 is 10.6 Å². The Kier molecular flexibility index (Phi) is 3.75. The summed E-state index contributed by atoms with van der Waals surface area (Å²) in [6, 6.07) is 9.25. The first-order valence-corrected chi connectivity index (χ1v) is 5.85. The van der Waals surface area contributed by atoms with Crippen molar-refractivity contribution >= 4 is 0 Å². The molecule has 1 aromatic rings. The fraction of sp³-hybridized carbons (Fsp3) is 0.538. The van der Waals surface area contributed by atoms with Gasteiger partial charge in [0.25, 0.3) is 0 Å². The lowest BCUT2D eigenvalue weighted by Gasteiger charge is -2.24. The molecular formula is C13H20N2. The number of aryl methyl sites for hydroxylation is 1. The third-order valence-corrected chi connectivity index (χ3v) is 3.14. The molecule has 15 heavy (non-hydrogen) atoms. The van der Waals surface area contributed by atoms with Gasteiger partial charge >= 0.3 is 0 Å². The highest BCUT2D eigenvalue weighted by Gasteiger charge is 2.11. The molecule has 0 aliphatic carbocycles. The number of benzene rings is 1. The summed E-state index contributed by atoms with van der Waals surface area (Å²) in [5.74, 6) is 0. The standard InChI is InChI=1S/C13H20N2/c1-11-5-2-3-6-12(11)9-15-13-7-4-8-14-10-13/h2-3,5-6,13-15H,4,7-10H2,1H3. The van der Waals surface area contributed by atoms with Crippen LogP contribution in [0.25, 0.3) is 0 Å². The van der Waals surface area contributed by atoms with Crippen molar-refractivity contribution in [3.8, 4) is 0 Å². The fourth-order valence-electron chi connectivity index (χ4n) is 2.09. The van der Waals surface area contributed by atoms with Crippen molar-refractivity contribution in [1.82, 2.24) is 10.6 Å². The Bertz CT molecular complexity index is 303. The van der Waals surface area contributed by atoms with Gasteiger partial charge in [0, 0.05) is 19.1 Å². The average molecular weight is 204 g/mol. The molecule has 0 radical (unpaired) electrons. The lowest BCUT2D eigenvalue weighted by Crippen LogP contribution is -2.42. The van der Waals surface area contributed by atoms with Crippen molar-refractivity contribution in [3.05, 3.63) is 35.4 Å². The van der Waals surface area contributed by atoms with Crippen molar-refractivity contribution in [1.29, 1.82) is 0 Å². The van der Waals surface area contributed by atoms with Gasteiger partial charge in [0.2, 0.25) is 0 Å². The Morgan fingerprint density at radius 2 is 2.27 bits per heavy atom. The van der Waals surface area contributed by atoms with Crippen LogP contribution in [0.15, 0.2) is 24.3 Å². The number of piperidine rings is 1. The Balaban J connectivity index is 1.84. The van der Waals surface area contributed by atoms with E-state index in [4.69, 9.17) is 0 Å². The second-order valence-electron chi connectivity index (χ2n) is 4.35. The predicted octanol–water partition coefficient (Wildman–Crippen LogP) is 1.84. The molecule has 82 valence electrons. The molecule has 0 bridgehead atoms. The Morgan fingerprint density at radius 1 is 1.40 bits per heavy atom. The zero-order valence-electron chi connectivity index (χ0n) is 9.42. The van der Waals surface area contributed by atoms with Crippen LogP contribution in [0.4, 0.5) is 0 Å². The second-order valence-corrected chi connectivity index (χ2v) is 4.35. The molecule has 1 atom stereocenters. The highest BCUT2D eigenvalue weighted by atomic mass is 15.0. The van der Waals surface area contributed by atoms with Gasteiger partial charge in [-0.3, -0.25) is 0 Å². The molecule has 2 nitrogen and oxygen atoms in total. The van der Waals surface area contributed by atoms with Crippen LogP contribution >= 0.6 is 0 Å². The first kappa shape index (κ1) is 10.7. The van der Waals surface area contributed by atoms with Crippen molar-refractivity contribution in [2.24, 2.45) is 0 Å². The maximum absolute atomic E-state index is 3.62. The molecule has 2 rings (SSSR count). The summed E-state index contributed by atoms with van der Waals surface area (Å²) in [4.78, 5) is 0. The second kappa shape index (κ2) is 5.29. The minimum absolute atomic E-state index is 0.651. The smallest absolute Gasteiger partial charge is 0.0211 e. The quantitative estimate of drug-likeness (QED) is 0.785. The molecule has 1 aromatic carbocycles. The van der Waals surface area contributed by atoms with E-state index in [9.17, 15) is 0 Å². The fourth-order valence-corrected chi connectivity index (χ4v) is 2.09. The first-order valence-electron chi connectivity index (χ1n) is 5.85. The third-order valence-electron chi connectivity index (χ3n) is 3.14. The normalized spacial score (nSPS) is 21.5. The van der Waals surface area contributed by atoms with Gasteiger partial charge in [-0.2, -0.15) is 0 Å². The van der Waals surface area contributed by atoms with E-state index in [0.29, 0.717) is 6.04 Å². The number of hydrogen-bond acceptors (Lipinski definition) is 2. The molecule has 2 N–H and O–H groups in total. The van der Waals surface area contributed by atoms with Crippen LogP contribution in [0, 0.1) is 6.92 Å². The van der Waals surface area contributed by atoms with E-state index in [1.807, 2.05) is 0 Å². The van der Waals surface area contributed by atoms with Crippen molar-refractivity contribution in [3.63, 3.8) is 0 Å². The van der Waals surface area contributed by atoms with Crippen molar-refractivity contribution in [2.75, 3.05) is 13.1 Å². The van der Waals surface area contributed by atoms with E-state index in [1.165, 1.54) is 30.5 Å². The predicted molar refractivity (Wildman–Crippen MR) is 63.9 cm³/mol. The molecule has 1 heterocycles. The molecule has 0 aromatic heterocycles. The van der Waals surface area contributed by atoms with Gasteiger partial charge in [-0.05, 0) is 37.4 Å². The summed E-state index contributed by atoms with van der Waals surface area (Å²) in [5.41, 5.74) is 2.80. The zero-order chi connectivity index (χ0) is 10.5. The van der Waals surface area contributed by atoms with Crippen LogP contribution < -0.4 is 10.6 Å². The van der Waals surface area contributed by atoms with Crippen LogP contribution in [0.1, 0.15) is 24.0 Å². The van der Waals surface area contributed by atoms with Gasteiger partial charge in [0.05, 0.1) is 0 Å². The van der Waals surface area contributed by atoms with Gasteiger partial charge in [-0.15, -0.1) is 0 Å². The summed E-state index contributed by atoms with van der Waals surface area (Å²) in [6.45, 7) is 5.48. The maximum Gasteiger partial charge on any atom is 0.0211 e. The molecule has 0 amide bonds. The molecule has 0 saturated carbocycles. The Labute approximate surface area is 92.1 Å². The highest BCUT2D eigenvalue weighted by molar-refractivity contribution is 5.25. The van der Waals surface area contributed by atoms with E-state index >= 15 is 0 Å². The zero-order valence-corrected chi connectivity index (χ0v) is 9.42. The molecular weight excluding hydrogens is 184 g/mol. The lowest BCUT2D eigenvalue weighted by molar-refractivity contribution is 0.389. The monoisotopic (exact) mass is 204 g/mol. The van der Waals surface area contributed by atoms with E-state index in [-0.39, 0.29) is 0 Å². The van der Waals surface area contributed by atoms with Crippen LogP contribution in [-0.4, -0.2) is 19.1 Å². The van der Waals surface area contributed by atoms with Gasteiger partial charge in [-0.25, -0.2) is 0 Å². The van der Waals surface area contributed by atoms with Crippen LogP contribution in [-0.2, 0) is 6.54 Å². The molecule has 1 fully saturated rings. The lowest BCUT2D eigenvalue weighted by atomic mass is 10.1. The number of rotatable bonds is 3. The van der Waals surface area contributed by atoms with Gasteiger partial charge in [0.15, 0.2) is 0 Å². The minimum Gasteiger partial charge on any atom is -0.315 e. The number of nitrogens with one attached hydrogen (secondary N) is 2. The summed E-state index contributed by atoms with van der Waals surface area (Å²) in [6.07, 6.45) is 2.60. The first-order chi connectivity index (χ1) is 7.36. The van der Waals surface area contributed by atoms with E-state index in [2.05, 4.69) is 41.8 Å². The summed E-state index contributed by atoms with van der Waals surface area (Å²) < 4.78 is 0. The van der Waals surface area contributed by atoms with Crippen molar-refractivity contribution < 1.29 is 0 Å². The molecule has 0 spiro atoms. The van der Waals surface area contributed by atoms with Crippen LogP contribution in [0.2, 0.25) is 0 Å². The van der Waals surface area contributed by atoms with Gasteiger partial charge in [0.1, 0.15) is 0 Å². The molecule has 1 aliphatic rings. The number of hydrogen-bond donors (Lipinski definition) is 2. The largest absolute Gasteiger partial charge is 0.315 e. The average Bonchev–Trinajstić information content (AvgIpc) is 2.29. The molecule has 1 unspecified atom stereocenters. The SMILES string of the molecule is Cc1ccccc1CNC1CCCNC1. The minimum atomic E-state index is 0.651.